The van der Waals surface area contributed by atoms with Crippen LogP contribution in [0.4, 0.5) is 16.0 Å². The maximum atomic E-state index is 14.0. The molecule has 0 fully saturated rings. The molecule has 0 aliphatic heterocycles. The molecular weight excluding hydrogens is 321 g/mol. The number of nitrogens with zero attached hydrogens (tertiary/aromatic N) is 2. The van der Waals surface area contributed by atoms with Crippen molar-refractivity contribution in [2.75, 3.05) is 12.4 Å². The quantitative estimate of drug-likeness (QED) is 0.695. The summed E-state index contributed by atoms with van der Waals surface area (Å²) in [6, 6.07) is 15.1. The van der Waals surface area contributed by atoms with Gasteiger partial charge < -0.3 is 14.8 Å². The lowest BCUT2D eigenvalue weighted by molar-refractivity contribution is -0.108. The van der Waals surface area contributed by atoms with Gasteiger partial charge in [0.05, 0.1) is 18.7 Å². The van der Waals surface area contributed by atoms with Crippen molar-refractivity contribution >= 4 is 17.9 Å². The summed E-state index contributed by atoms with van der Waals surface area (Å²) in [5.74, 6) is -0.234. The molecule has 3 aromatic rings. The van der Waals surface area contributed by atoms with Gasteiger partial charge in [0, 0.05) is 23.5 Å². The smallest absolute Gasteiger partial charge is 0.227 e. The molecule has 0 aliphatic carbocycles. The average molecular weight is 337 g/mol. The van der Waals surface area contributed by atoms with E-state index in [4.69, 9.17) is 4.74 Å². The molecule has 126 valence electrons. The Kier molecular flexibility index (Phi) is 4.99. The third-order valence-corrected chi connectivity index (χ3v) is 3.70. The van der Waals surface area contributed by atoms with Gasteiger partial charge in [0.15, 0.2) is 0 Å². The van der Waals surface area contributed by atoms with Gasteiger partial charge in [-0.05, 0) is 24.3 Å². The summed E-state index contributed by atoms with van der Waals surface area (Å²) in [6.45, 7) is 0. The zero-order valence-electron chi connectivity index (χ0n) is 13.5. The molecular formula is C19H16FN3O2. The van der Waals surface area contributed by atoms with Crippen LogP contribution in [0.25, 0.3) is 0 Å². The number of methoxy groups -OCH3 is 1. The maximum Gasteiger partial charge on any atom is 0.227 e. The Hall–Kier alpha value is -3.28. The second kappa shape index (κ2) is 7.53. The highest BCUT2D eigenvalue weighted by Crippen LogP contribution is 2.25. The summed E-state index contributed by atoms with van der Waals surface area (Å²) >= 11 is 0. The molecule has 6 heteroatoms. The second-order valence-corrected chi connectivity index (χ2v) is 5.30. The van der Waals surface area contributed by atoms with Gasteiger partial charge >= 0.3 is 0 Å². The second-order valence-electron chi connectivity index (χ2n) is 5.30. The minimum absolute atomic E-state index is 0.281. The van der Waals surface area contributed by atoms with E-state index in [1.807, 2.05) is 18.2 Å². The Labute approximate surface area is 144 Å². The van der Waals surface area contributed by atoms with Crippen molar-refractivity contribution in [2.24, 2.45) is 0 Å². The van der Waals surface area contributed by atoms with E-state index >= 15 is 0 Å². The lowest BCUT2D eigenvalue weighted by Crippen LogP contribution is -2.09. The molecule has 1 heterocycles. The number of anilines is 2. The fourth-order valence-corrected chi connectivity index (χ4v) is 2.47. The van der Waals surface area contributed by atoms with Gasteiger partial charge in [0.25, 0.3) is 0 Å². The molecule has 0 aliphatic rings. The summed E-state index contributed by atoms with van der Waals surface area (Å²) in [5, 5.41) is 3.05. The molecule has 0 radical (unpaired) electrons. The topological polar surface area (TPSA) is 64.1 Å². The Morgan fingerprint density at radius 2 is 2.00 bits per heavy atom. The Balaban J connectivity index is 1.90. The first-order chi connectivity index (χ1) is 12.2. The monoisotopic (exact) mass is 337 g/mol. The summed E-state index contributed by atoms with van der Waals surface area (Å²) < 4.78 is 19.2. The first-order valence-corrected chi connectivity index (χ1v) is 7.65. The fraction of sp³-hybridized carbons (Fsp3) is 0.105. The van der Waals surface area contributed by atoms with Crippen molar-refractivity contribution in [2.45, 2.75) is 5.92 Å². The number of nitrogens with one attached hydrogen (secondary N) is 1. The van der Waals surface area contributed by atoms with Gasteiger partial charge in [-0.15, -0.1) is 0 Å². The first kappa shape index (κ1) is 16.6. The maximum absolute atomic E-state index is 14.0. The third kappa shape index (κ3) is 3.80. The summed E-state index contributed by atoms with van der Waals surface area (Å²) in [4.78, 5) is 20.0. The average Bonchev–Trinajstić information content (AvgIpc) is 2.64. The molecule has 0 saturated heterocycles. The molecule has 25 heavy (non-hydrogen) atoms. The number of aromatic nitrogens is 2. The van der Waals surface area contributed by atoms with Gasteiger partial charge in [-0.25, -0.2) is 14.4 Å². The van der Waals surface area contributed by atoms with E-state index in [0.29, 0.717) is 23.7 Å². The van der Waals surface area contributed by atoms with Crippen molar-refractivity contribution in [1.29, 1.82) is 0 Å². The van der Waals surface area contributed by atoms with Gasteiger partial charge in [0.1, 0.15) is 17.9 Å². The summed E-state index contributed by atoms with van der Waals surface area (Å²) in [5.41, 5.74) is 1.44. The van der Waals surface area contributed by atoms with Crippen molar-refractivity contribution in [1.82, 2.24) is 9.97 Å². The molecule has 2 aromatic carbocycles. The highest BCUT2D eigenvalue weighted by atomic mass is 19.1. The van der Waals surface area contributed by atoms with Gasteiger partial charge in [-0.2, -0.15) is 0 Å². The fourth-order valence-electron chi connectivity index (χ4n) is 2.47. The Morgan fingerprint density at radius 1 is 1.16 bits per heavy atom. The van der Waals surface area contributed by atoms with E-state index in [1.54, 1.807) is 37.4 Å². The van der Waals surface area contributed by atoms with Crippen molar-refractivity contribution < 1.29 is 13.9 Å². The number of hydrogen-bond acceptors (Lipinski definition) is 5. The first-order valence-electron chi connectivity index (χ1n) is 7.65. The molecule has 0 amide bonds. The highest BCUT2D eigenvalue weighted by molar-refractivity contribution is 5.67. The van der Waals surface area contributed by atoms with E-state index in [2.05, 4.69) is 15.3 Å². The zero-order valence-corrected chi connectivity index (χ0v) is 13.5. The van der Waals surface area contributed by atoms with Crippen LogP contribution >= 0.6 is 0 Å². The van der Waals surface area contributed by atoms with Crippen LogP contribution in [0.5, 0.6) is 5.75 Å². The van der Waals surface area contributed by atoms with Crippen molar-refractivity contribution in [3.05, 3.63) is 77.9 Å². The van der Waals surface area contributed by atoms with Crippen LogP contribution in [0.2, 0.25) is 0 Å². The molecule has 3 rings (SSSR count). The normalized spacial score (nSPS) is 11.6. The number of carbonyl (C=O) groups is 1. The Morgan fingerprint density at radius 3 is 2.76 bits per heavy atom. The van der Waals surface area contributed by atoms with E-state index in [9.17, 15) is 9.18 Å². The van der Waals surface area contributed by atoms with Crippen LogP contribution in [0.1, 0.15) is 17.2 Å². The molecule has 0 spiro atoms. The molecule has 1 atom stereocenters. The molecule has 1 aromatic heterocycles. The highest BCUT2D eigenvalue weighted by Gasteiger charge is 2.19. The van der Waals surface area contributed by atoms with Crippen LogP contribution in [0.3, 0.4) is 0 Å². The lowest BCUT2D eigenvalue weighted by atomic mass is 9.96. The Bertz CT molecular complexity index is 886. The van der Waals surface area contributed by atoms with Crippen LogP contribution in [-0.4, -0.2) is 23.4 Å². The number of carbonyl (C=O) groups excluding carboxylic acids is 1. The number of rotatable bonds is 6. The minimum atomic E-state index is -0.796. The van der Waals surface area contributed by atoms with Crippen molar-refractivity contribution in [3.8, 4) is 5.75 Å². The number of ether oxygens (including phenoxy) is 1. The molecule has 1 unspecified atom stereocenters. The predicted octanol–water partition coefficient (Wildman–Crippen LogP) is 3.70. The van der Waals surface area contributed by atoms with Gasteiger partial charge in [-0.3, -0.25) is 0 Å². The van der Waals surface area contributed by atoms with E-state index in [0.717, 1.165) is 5.69 Å². The number of benzene rings is 2. The van der Waals surface area contributed by atoms with Crippen LogP contribution < -0.4 is 10.1 Å². The number of hydrogen-bond donors (Lipinski definition) is 1. The zero-order chi connectivity index (χ0) is 17.6. The molecule has 5 nitrogen and oxygen atoms in total. The van der Waals surface area contributed by atoms with E-state index < -0.39 is 11.7 Å². The molecule has 1 N–H and O–H groups in total. The molecule has 0 bridgehead atoms. The summed E-state index contributed by atoms with van der Waals surface area (Å²) in [6.07, 6.45) is 2.21. The van der Waals surface area contributed by atoms with Gasteiger partial charge in [0.2, 0.25) is 5.95 Å². The van der Waals surface area contributed by atoms with Crippen molar-refractivity contribution in [3.63, 3.8) is 0 Å². The largest absolute Gasteiger partial charge is 0.497 e. The third-order valence-electron chi connectivity index (χ3n) is 3.70. The summed E-state index contributed by atoms with van der Waals surface area (Å²) in [7, 11) is 1.58. The van der Waals surface area contributed by atoms with Crippen LogP contribution in [0.15, 0.2) is 60.8 Å². The lowest BCUT2D eigenvalue weighted by Gasteiger charge is -2.13. The SMILES string of the molecule is COc1cccc(Nc2nccc(C(C=O)c3ccccc3F)n2)c1. The van der Waals surface area contributed by atoms with Crippen LogP contribution in [0, 0.1) is 5.82 Å². The van der Waals surface area contributed by atoms with Crippen LogP contribution in [-0.2, 0) is 4.79 Å². The van der Waals surface area contributed by atoms with E-state index in [1.165, 1.54) is 12.3 Å². The molecule has 0 saturated carbocycles. The number of halogens is 1. The number of aldehydes is 1. The minimum Gasteiger partial charge on any atom is -0.497 e. The predicted molar refractivity (Wildman–Crippen MR) is 92.6 cm³/mol. The van der Waals surface area contributed by atoms with E-state index in [-0.39, 0.29) is 5.56 Å². The van der Waals surface area contributed by atoms with Gasteiger partial charge in [-0.1, -0.05) is 24.3 Å². The standard InChI is InChI=1S/C19H16FN3O2/c1-25-14-6-4-5-13(11-14)22-19-21-10-9-18(23-19)16(12-24)15-7-2-3-8-17(15)20/h2-12,16H,1H3,(H,21,22,23).